The van der Waals surface area contributed by atoms with E-state index in [9.17, 15) is 49.6 Å². The minimum absolute atomic E-state index is 0.0225. The number of nitrogen functional groups attached to an aromatic ring is 1. The number of ether oxygens (including phenoxy) is 2. The molecule has 0 aliphatic carbocycles. The molecule has 0 radical (unpaired) electrons. The number of carbonyl (C=O) groups is 2. The smallest absolute Gasteiger partial charge is 0.469 e. The first-order chi connectivity index (χ1) is 20.4. The number of nitrogens with one attached hydrogen (secondary N) is 1. The molecule has 3 rings (SSSR count). The summed E-state index contributed by atoms with van der Waals surface area (Å²) >= 11 is 0. The van der Waals surface area contributed by atoms with Crippen LogP contribution in [0.3, 0.4) is 0 Å². The second kappa shape index (κ2) is 15.5. The highest BCUT2D eigenvalue weighted by Crippen LogP contribution is 2.38. The van der Waals surface area contributed by atoms with Gasteiger partial charge in [0.1, 0.15) is 42.4 Å². The number of carbonyl (C=O) groups excluding carboxylic acids is 1. The average Bonchev–Trinajstić information content (AvgIpc) is 3.24. The molecule has 252 valence electrons. The largest absolute Gasteiger partial charge is 0.477 e. The number of carboxylic acid groups (broad SMARTS) is 1. The second-order valence-electron chi connectivity index (χ2n) is 9.44. The fraction of sp³-hybridized carbons (Fsp3) is 0.700. The zero-order valence-electron chi connectivity index (χ0n) is 22.5. The Labute approximate surface area is 246 Å². The van der Waals surface area contributed by atoms with Gasteiger partial charge in [0.25, 0.3) is 11.7 Å². The molecular weight excluding hydrogens is 627 g/mol. The molecule has 1 aromatic heterocycles. The highest BCUT2D eigenvalue weighted by atomic mass is 31.2. The standard InChI is InChI=1S/C11H21N3O9.C9H14N3O8P/c12-2-6(18)14-23-11(10(20)21)1-4(16)7(13)9(22-11)8(19)5(17)3-15;10-5-1-2-12(9(15)11-5)8-7(14)6(13)4(20-8)3-19-21(16,17)18/h4-5,7-9,15-17,19H,1-3,12-13H2,(H,14,18)(H,20,21);1-2,4,6-8,13-14H,3H2,(H2,10,11,15)(H2,16,17,18)/t4-,5+,7+,8+,9+,11+;4-,6-,7-,8-/m01/s1. The van der Waals surface area contributed by atoms with Crippen molar-refractivity contribution < 1.29 is 78.5 Å². The van der Waals surface area contributed by atoms with Crippen molar-refractivity contribution in [1.82, 2.24) is 15.0 Å². The predicted molar refractivity (Wildman–Crippen MR) is 138 cm³/mol. The summed E-state index contributed by atoms with van der Waals surface area (Å²) in [5.41, 5.74) is 16.9. The second-order valence-corrected chi connectivity index (χ2v) is 10.7. The van der Waals surface area contributed by atoms with Gasteiger partial charge in [-0.3, -0.25) is 13.9 Å². The third kappa shape index (κ3) is 9.40. The third-order valence-corrected chi connectivity index (χ3v) is 6.74. The molecule has 0 saturated carbocycles. The fourth-order valence-electron chi connectivity index (χ4n) is 3.92. The summed E-state index contributed by atoms with van der Waals surface area (Å²) in [6.07, 6.45) is -11.5. The molecule has 3 heterocycles. The van der Waals surface area contributed by atoms with Gasteiger partial charge in [0.05, 0.1) is 31.9 Å². The van der Waals surface area contributed by atoms with E-state index in [1.54, 1.807) is 5.48 Å². The Bertz CT molecular complexity index is 1240. The normalized spacial score (nSPS) is 31.8. The van der Waals surface area contributed by atoms with E-state index in [1.165, 1.54) is 12.3 Å². The average molecular weight is 662 g/mol. The maximum absolute atomic E-state index is 11.6. The maximum atomic E-state index is 11.6. The SMILES string of the molecule is NCC(=O)NO[C@@]1(C(=O)O)C[C@H](O)[C@@H](N)[C@H]([C@H](O)[C@H](O)CO)O1.Nc1ccn([C@@H]2O[C@H](COP(=O)(O)O)[C@@H](O)[C@H]2O)c(=O)n1. The summed E-state index contributed by atoms with van der Waals surface area (Å²) in [4.78, 5) is 59.6. The molecular formula is C20H35N6O17P. The number of amides is 1. The van der Waals surface area contributed by atoms with Crippen LogP contribution in [0.1, 0.15) is 12.6 Å². The van der Waals surface area contributed by atoms with Gasteiger partial charge in [-0.25, -0.2) is 24.5 Å². The number of nitrogens with zero attached hydrogens (tertiary/aromatic N) is 2. The minimum atomic E-state index is -4.74. The quantitative estimate of drug-likeness (QED) is 0.0772. The number of nitrogens with two attached hydrogens (primary N) is 3. The Kier molecular flexibility index (Phi) is 13.2. The van der Waals surface area contributed by atoms with Gasteiger partial charge in [-0.15, -0.1) is 0 Å². The lowest BCUT2D eigenvalue weighted by molar-refractivity contribution is -0.322. The molecule has 16 N–H and O–H groups in total. The zero-order valence-corrected chi connectivity index (χ0v) is 23.4. The van der Waals surface area contributed by atoms with Gasteiger partial charge in [-0.2, -0.15) is 4.98 Å². The number of hydrogen-bond donors (Lipinski definition) is 13. The first-order valence-corrected chi connectivity index (χ1v) is 14.0. The van der Waals surface area contributed by atoms with Crippen LogP contribution in [0.25, 0.3) is 0 Å². The summed E-state index contributed by atoms with van der Waals surface area (Å²) in [5.74, 6) is -5.14. The van der Waals surface area contributed by atoms with Gasteiger partial charge < -0.3 is 72.2 Å². The number of aliphatic carboxylic acids is 1. The highest BCUT2D eigenvalue weighted by molar-refractivity contribution is 7.46. The number of hydrogen-bond acceptors (Lipinski definition) is 18. The van der Waals surface area contributed by atoms with Gasteiger partial charge in [-0.05, 0) is 6.07 Å². The van der Waals surface area contributed by atoms with Crippen LogP contribution in [0.5, 0.6) is 0 Å². The Hall–Kier alpha value is -2.71. The lowest BCUT2D eigenvalue weighted by atomic mass is 9.89. The number of phosphoric acid groups is 1. The van der Waals surface area contributed by atoms with Gasteiger partial charge in [0, 0.05) is 12.6 Å². The highest BCUT2D eigenvalue weighted by Gasteiger charge is 2.55. The van der Waals surface area contributed by atoms with Crippen molar-refractivity contribution in [2.45, 2.75) is 67.2 Å². The number of anilines is 1. The van der Waals surface area contributed by atoms with E-state index in [-0.39, 0.29) is 5.82 Å². The van der Waals surface area contributed by atoms with Crippen LogP contribution < -0.4 is 28.4 Å². The van der Waals surface area contributed by atoms with Crippen molar-refractivity contribution >= 4 is 25.5 Å². The molecule has 2 aliphatic heterocycles. The number of phosphoric ester groups is 1. The Morgan fingerprint density at radius 1 is 1.25 bits per heavy atom. The van der Waals surface area contributed by atoms with Crippen molar-refractivity contribution in [2.24, 2.45) is 11.5 Å². The molecule has 23 nitrogen and oxygen atoms in total. The Morgan fingerprint density at radius 2 is 1.89 bits per heavy atom. The molecule has 0 spiro atoms. The number of aliphatic hydroxyl groups excluding tert-OH is 6. The molecule has 10 atom stereocenters. The van der Waals surface area contributed by atoms with Crippen molar-refractivity contribution in [3.63, 3.8) is 0 Å². The molecule has 2 saturated heterocycles. The van der Waals surface area contributed by atoms with Gasteiger partial charge >= 0.3 is 19.5 Å². The molecule has 1 amide bonds. The summed E-state index contributed by atoms with van der Waals surface area (Å²) in [7, 11) is -4.74. The topological polar surface area (TPSA) is 395 Å². The van der Waals surface area contributed by atoms with E-state index in [1.807, 2.05) is 0 Å². The van der Waals surface area contributed by atoms with Crippen molar-refractivity contribution in [3.8, 4) is 0 Å². The monoisotopic (exact) mass is 662 g/mol. The van der Waals surface area contributed by atoms with Gasteiger partial charge in [0.15, 0.2) is 6.23 Å². The molecule has 0 aromatic carbocycles. The van der Waals surface area contributed by atoms with E-state index in [0.29, 0.717) is 0 Å². The van der Waals surface area contributed by atoms with Crippen LogP contribution in [0.15, 0.2) is 17.1 Å². The van der Waals surface area contributed by atoms with Crippen LogP contribution >= 0.6 is 7.82 Å². The van der Waals surface area contributed by atoms with E-state index in [2.05, 4.69) is 9.51 Å². The maximum Gasteiger partial charge on any atom is 0.469 e. The summed E-state index contributed by atoms with van der Waals surface area (Å²) in [6, 6.07) is 0.0241. The number of rotatable bonds is 11. The first kappa shape index (κ1) is 37.5. The van der Waals surface area contributed by atoms with E-state index >= 15 is 0 Å². The molecule has 44 heavy (non-hydrogen) atoms. The molecule has 24 heteroatoms. The van der Waals surface area contributed by atoms with Crippen molar-refractivity contribution in [3.05, 3.63) is 22.7 Å². The molecule has 0 bridgehead atoms. The van der Waals surface area contributed by atoms with Crippen molar-refractivity contribution in [2.75, 3.05) is 25.5 Å². The van der Waals surface area contributed by atoms with Crippen LogP contribution in [0.2, 0.25) is 0 Å². The van der Waals surface area contributed by atoms with Gasteiger partial charge in [0.2, 0.25) is 0 Å². The third-order valence-electron chi connectivity index (χ3n) is 6.26. The molecule has 2 fully saturated rings. The number of hydroxylamine groups is 1. The van der Waals surface area contributed by atoms with Crippen molar-refractivity contribution in [1.29, 1.82) is 0 Å². The molecule has 2 aliphatic rings. The summed E-state index contributed by atoms with van der Waals surface area (Å²) < 4.78 is 26.0. The Balaban J connectivity index is 0.000000308. The predicted octanol–water partition coefficient (Wildman–Crippen LogP) is -7.48. The van der Waals surface area contributed by atoms with E-state index < -0.39 is 112 Å². The first-order valence-electron chi connectivity index (χ1n) is 12.4. The fourth-order valence-corrected chi connectivity index (χ4v) is 4.26. The number of carboxylic acids is 1. The van der Waals surface area contributed by atoms with E-state index in [0.717, 1.165) is 4.57 Å². The number of aliphatic hydroxyl groups is 6. The summed E-state index contributed by atoms with van der Waals surface area (Å²) in [6.45, 7) is -2.00. The zero-order chi connectivity index (χ0) is 33.6. The van der Waals surface area contributed by atoms with Crippen LogP contribution in [0, 0.1) is 0 Å². The molecule has 0 unspecified atom stereocenters. The van der Waals surface area contributed by atoms with E-state index in [4.69, 9.17) is 46.4 Å². The van der Waals surface area contributed by atoms with Crippen LogP contribution in [-0.4, -0.2) is 141 Å². The Morgan fingerprint density at radius 3 is 2.41 bits per heavy atom. The minimum Gasteiger partial charge on any atom is -0.477 e. The summed E-state index contributed by atoms with van der Waals surface area (Å²) in [5, 5.41) is 67.0. The lowest BCUT2D eigenvalue weighted by Crippen LogP contribution is -2.67. The van der Waals surface area contributed by atoms with Crippen LogP contribution in [0.4, 0.5) is 5.82 Å². The number of aromatic nitrogens is 2. The lowest BCUT2D eigenvalue weighted by Gasteiger charge is -2.44. The van der Waals surface area contributed by atoms with Crippen LogP contribution in [-0.2, 0) is 33.0 Å². The molecule has 1 aromatic rings. The van der Waals surface area contributed by atoms with Gasteiger partial charge in [-0.1, -0.05) is 0 Å².